The first-order valence-electron chi connectivity index (χ1n) is 7.84. The van der Waals surface area contributed by atoms with Crippen LogP contribution in [0.15, 0.2) is 18.2 Å². The Bertz CT molecular complexity index is 459. The molecule has 2 unspecified atom stereocenters. The maximum Gasteiger partial charge on any atom is 0.0470 e. The van der Waals surface area contributed by atoms with Gasteiger partial charge in [0.05, 0.1) is 0 Å². The molecule has 1 aromatic rings. The molecule has 0 saturated carbocycles. The summed E-state index contributed by atoms with van der Waals surface area (Å²) in [6.07, 6.45) is 1.30. The van der Waals surface area contributed by atoms with Gasteiger partial charge in [0, 0.05) is 19.1 Å². The molecule has 1 fully saturated rings. The van der Waals surface area contributed by atoms with E-state index >= 15 is 0 Å². The number of nitrogens with two attached hydrogens (primary N) is 1. The van der Waals surface area contributed by atoms with Crippen molar-refractivity contribution in [1.82, 2.24) is 4.90 Å². The molecule has 2 heteroatoms. The Hall–Kier alpha value is -0.860. The van der Waals surface area contributed by atoms with Crippen LogP contribution in [0.25, 0.3) is 0 Å². The van der Waals surface area contributed by atoms with Gasteiger partial charge in [-0.15, -0.1) is 0 Å². The molecule has 2 atom stereocenters. The van der Waals surface area contributed by atoms with Crippen molar-refractivity contribution in [3.8, 4) is 0 Å². The van der Waals surface area contributed by atoms with E-state index in [0.29, 0.717) is 18.0 Å². The van der Waals surface area contributed by atoms with Gasteiger partial charge in [0.15, 0.2) is 0 Å². The van der Waals surface area contributed by atoms with Crippen LogP contribution in [0.4, 0.5) is 0 Å². The van der Waals surface area contributed by atoms with Gasteiger partial charge in [0.25, 0.3) is 0 Å². The van der Waals surface area contributed by atoms with Gasteiger partial charge in [-0.25, -0.2) is 0 Å². The number of nitrogens with zero attached hydrogens (tertiary/aromatic N) is 1. The Morgan fingerprint density at radius 1 is 1.25 bits per heavy atom. The zero-order chi connectivity index (χ0) is 14.9. The topological polar surface area (TPSA) is 29.3 Å². The highest BCUT2D eigenvalue weighted by molar-refractivity contribution is 5.32. The van der Waals surface area contributed by atoms with Crippen molar-refractivity contribution in [1.29, 1.82) is 0 Å². The van der Waals surface area contributed by atoms with E-state index in [9.17, 15) is 0 Å². The third-order valence-electron chi connectivity index (χ3n) is 5.02. The van der Waals surface area contributed by atoms with E-state index in [1.54, 1.807) is 0 Å². The maximum absolute atomic E-state index is 6.09. The number of benzene rings is 1. The molecule has 1 saturated heterocycles. The van der Waals surface area contributed by atoms with Crippen molar-refractivity contribution in [3.63, 3.8) is 0 Å². The van der Waals surface area contributed by atoms with Crippen molar-refractivity contribution >= 4 is 0 Å². The lowest BCUT2D eigenvalue weighted by Gasteiger charge is -2.30. The van der Waals surface area contributed by atoms with E-state index in [1.165, 1.54) is 36.2 Å². The van der Waals surface area contributed by atoms with E-state index in [0.717, 1.165) is 5.92 Å². The Kier molecular flexibility index (Phi) is 4.55. The van der Waals surface area contributed by atoms with E-state index in [-0.39, 0.29) is 0 Å². The van der Waals surface area contributed by atoms with E-state index in [4.69, 9.17) is 5.73 Å². The zero-order valence-electron chi connectivity index (χ0n) is 13.7. The van der Waals surface area contributed by atoms with Gasteiger partial charge in [-0.05, 0) is 54.8 Å². The Morgan fingerprint density at radius 3 is 2.45 bits per heavy atom. The van der Waals surface area contributed by atoms with E-state index < -0.39 is 0 Å². The molecule has 1 aliphatic rings. The average Bonchev–Trinajstić information content (AvgIpc) is 2.84. The molecular formula is C18H30N2. The summed E-state index contributed by atoms with van der Waals surface area (Å²) < 4.78 is 0. The number of hydrogen-bond acceptors (Lipinski definition) is 2. The first-order valence-corrected chi connectivity index (χ1v) is 7.84. The highest BCUT2D eigenvalue weighted by Gasteiger charge is 2.34. The highest BCUT2D eigenvalue weighted by Crippen LogP contribution is 2.37. The van der Waals surface area contributed by atoms with Crippen LogP contribution in [0.3, 0.4) is 0 Å². The van der Waals surface area contributed by atoms with Crippen LogP contribution in [0.5, 0.6) is 0 Å². The normalized spacial score (nSPS) is 22.2. The van der Waals surface area contributed by atoms with Gasteiger partial charge >= 0.3 is 0 Å². The summed E-state index contributed by atoms with van der Waals surface area (Å²) in [7, 11) is 0. The molecule has 0 aliphatic carbocycles. The number of likely N-dealkylation sites (tertiary alicyclic amines) is 1. The summed E-state index contributed by atoms with van der Waals surface area (Å²) in [5.74, 6) is 0.781. The Morgan fingerprint density at radius 2 is 1.95 bits per heavy atom. The second-order valence-electron chi connectivity index (χ2n) is 7.44. The predicted molar refractivity (Wildman–Crippen MR) is 86.8 cm³/mol. The van der Waals surface area contributed by atoms with Crippen LogP contribution in [-0.4, -0.2) is 24.5 Å². The average molecular weight is 274 g/mol. The van der Waals surface area contributed by atoms with Crippen molar-refractivity contribution < 1.29 is 0 Å². The van der Waals surface area contributed by atoms with Gasteiger partial charge in [-0.1, -0.05) is 39.0 Å². The lowest BCUT2D eigenvalue weighted by molar-refractivity contribution is 0.197. The summed E-state index contributed by atoms with van der Waals surface area (Å²) in [4.78, 5) is 2.58. The molecule has 2 N–H and O–H groups in total. The van der Waals surface area contributed by atoms with E-state index in [1.807, 2.05) is 0 Å². The second-order valence-corrected chi connectivity index (χ2v) is 7.44. The minimum atomic E-state index is 0.377. The number of aryl methyl sites for hydroxylation is 2. The Balaban J connectivity index is 2.15. The molecule has 0 bridgehead atoms. The summed E-state index contributed by atoms with van der Waals surface area (Å²) in [6.45, 7) is 14.5. The molecule has 0 radical (unpaired) electrons. The van der Waals surface area contributed by atoms with Gasteiger partial charge < -0.3 is 5.73 Å². The van der Waals surface area contributed by atoms with Crippen LogP contribution in [0.1, 0.15) is 49.9 Å². The second kappa shape index (κ2) is 5.87. The fourth-order valence-electron chi connectivity index (χ4n) is 3.25. The summed E-state index contributed by atoms with van der Waals surface area (Å²) in [6, 6.07) is 7.17. The van der Waals surface area contributed by atoms with Crippen LogP contribution >= 0.6 is 0 Å². The van der Waals surface area contributed by atoms with Crippen LogP contribution in [0.2, 0.25) is 0 Å². The third-order valence-corrected chi connectivity index (χ3v) is 5.02. The molecule has 1 aliphatic heterocycles. The molecule has 2 rings (SSSR count). The monoisotopic (exact) mass is 274 g/mol. The molecule has 112 valence electrons. The SMILES string of the molecule is Cc1ccc(C(CN)N2CCC(C(C)(C)C)C2)cc1C. The Labute approximate surface area is 124 Å². The molecule has 0 aromatic heterocycles. The lowest BCUT2D eigenvalue weighted by Crippen LogP contribution is -2.33. The zero-order valence-corrected chi connectivity index (χ0v) is 13.7. The van der Waals surface area contributed by atoms with Crippen molar-refractivity contribution in [2.75, 3.05) is 19.6 Å². The van der Waals surface area contributed by atoms with Crippen molar-refractivity contribution in [3.05, 3.63) is 34.9 Å². The minimum absolute atomic E-state index is 0.377. The van der Waals surface area contributed by atoms with Gasteiger partial charge in [0.2, 0.25) is 0 Å². The minimum Gasteiger partial charge on any atom is -0.329 e. The fraction of sp³-hybridized carbons (Fsp3) is 0.667. The smallest absolute Gasteiger partial charge is 0.0470 e. The number of rotatable bonds is 3. The lowest BCUT2D eigenvalue weighted by atomic mass is 9.80. The van der Waals surface area contributed by atoms with Gasteiger partial charge in [0.1, 0.15) is 0 Å². The summed E-state index contributed by atoms with van der Waals surface area (Å²) >= 11 is 0. The van der Waals surface area contributed by atoms with Crippen LogP contribution < -0.4 is 5.73 Å². The highest BCUT2D eigenvalue weighted by atomic mass is 15.2. The number of hydrogen-bond donors (Lipinski definition) is 1. The molecular weight excluding hydrogens is 244 g/mol. The first-order chi connectivity index (χ1) is 9.32. The predicted octanol–water partition coefficient (Wildman–Crippen LogP) is 3.67. The van der Waals surface area contributed by atoms with Crippen LogP contribution in [-0.2, 0) is 0 Å². The van der Waals surface area contributed by atoms with Gasteiger partial charge in [-0.2, -0.15) is 0 Å². The van der Waals surface area contributed by atoms with E-state index in [2.05, 4.69) is 57.7 Å². The largest absolute Gasteiger partial charge is 0.329 e. The molecule has 2 nitrogen and oxygen atoms in total. The fourth-order valence-corrected chi connectivity index (χ4v) is 3.25. The molecule has 0 amide bonds. The summed E-state index contributed by atoms with van der Waals surface area (Å²) in [5.41, 5.74) is 10.6. The van der Waals surface area contributed by atoms with Crippen molar-refractivity contribution in [2.45, 2.75) is 47.1 Å². The third kappa shape index (κ3) is 3.24. The maximum atomic E-state index is 6.09. The molecule has 0 spiro atoms. The molecule has 20 heavy (non-hydrogen) atoms. The quantitative estimate of drug-likeness (QED) is 0.911. The van der Waals surface area contributed by atoms with Gasteiger partial charge in [-0.3, -0.25) is 4.90 Å². The summed E-state index contributed by atoms with van der Waals surface area (Å²) in [5, 5.41) is 0. The van der Waals surface area contributed by atoms with Crippen LogP contribution in [0, 0.1) is 25.2 Å². The molecule has 1 aromatic carbocycles. The first kappa shape index (κ1) is 15.5. The standard InChI is InChI=1S/C18H30N2/c1-13-6-7-15(10-14(13)2)17(11-19)20-9-8-16(12-20)18(3,4)5/h6-7,10,16-17H,8-9,11-12,19H2,1-5H3. The van der Waals surface area contributed by atoms with Crippen molar-refractivity contribution in [2.24, 2.45) is 17.1 Å². The molecule has 1 heterocycles.